The summed E-state index contributed by atoms with van der Waals surface area (Å²) in [5.74, 6) is 0. The Labute approximate surface area is 245 Å². The van der Waals surface area contributed by atoms with Crippen LogP contribution in [0.3, 0.4) is 0 Å². The summed E-state index contributed by atoms with van der Waals surface area (Å²) in [6.07, 6.45) is 4.16. The van der Waals surface area contributed by atoms with Gasteiger partial charge in [-0.3, -0.25) is 0 Å². The minimum Gasteiger partial charge on any atom is -0.0998 e. The fourth-order valence-corrected chi connectivity index (χ4v) is 3.68. The Balaban J connectivity index is 0.000000290. The predicted molar refractivity (Wildman–Crippen MR) is 181 cm³/mol. The highest BCUT2D eigenvalue weighted by Gasteiger charge is 2.02. The fraction of sp³-hybridized carbons (Fsp3) is 0.250. The fourth-order valence-electron chi connectivity index (χ4n) is 3.68. The molecule has 0 fully saturated rings. The first-order chi connectivity index (χ1) is 19.0. The third kappa shape index (κ3) is 15.5. The summed E-state index contributed by atoms with van der Waals surface area (Å²) in [7, 11) is 0. The summed E-state index contributed by atoms with van der Waals surface area (Å²) in [6, 6.07) is 35.7. The van der Waals surface area contributed by atoms with E-state index in [9.17, 15) is 0 Å². The number of benzene rings is 4. The molecule has 0 aliphatic heterocycles. The molecule has 0 saturated heterocycles. The molecule has 0 aliphatic rings. The van der Waals surface area contributed by atoms with E-state index < -0.39 is 0 Å². The van der Waals surface area contributed by atoms with Crippen LogP contribution in [0, 0.1) is 41.5 Å². The van der Waals surface area contributed by atoms with E-state index in [0.717, 1.165) is 12.8 Å². The van der Waals surface area contributed by atoms with Crippen LogP contribution < -0.4 is 0 Å². The van der Waals surface area contributed by atoms with Crippen LogP contribution in [0.4, 0.5) is 0 Å². The normalized spacial score (nSPS) is 10.1. The zero-order chi connectivity index (χ0) is 29.9. The third-order valence-corrected chi connectivity index (χ3v) is 6.25. The minimum absolute atomic E-state index is 0.894. The molecular weight excluding hydrogens is 480 g/mol. The van der Waals surface area contributed by atoms with Gasteiger partial charge < -0.3 is 0 Å². The van der Waals surface area contributed by atoms with Crippen molar-refractivity contribution in [2.24, 2.45) is 0 Å². The van der Waals surface area contributed by atoms with Crippen LogP contribution in [0.2, 0.25) is 0 Å². The molecule has 0 heterocycles. The van der Waals surface area contributed by atoms with Crippen LogP contribution in [-0.2, 0) is 0 Å². The average Bonchev–Trinajstić information content (AvgIpc) is 2.93. The molecule has 4 aromatic rings. The Bertz CT molecular complexity index is 1220. The molecule has 0 unspecified atom stereocenters. The van der Waals surface area contributed by atoms with Crippen LogP contribution in [0.5, 0.6) is 0 Å². The van der Waals surface area contributed by atoms with Crippen molar-refractivity contribution in [3.05, 3.63) is 172 Å². The van der Waals surface area contributed by atoms with E-state index in [1.165, 1.54) is 55.7 Å². The van der Waals surface area contributed by atoms with Crippen LogP contribution >= 0.6 is 0 Å². The summed E-state index contributed by atoms with van der Waals surface area (Å²) in [6.45, 7) is 24.9. The van der Waals surface area contributed by atoms with Crippen LogP contribution in [0.15, 0.2) is 133 Å². The number of hydrogen-bond donors (Lipinski definition) is 0. The molecule has 4 aromatic carbocycles. The lowest BCUT2D eigenvalue weighted by atomic mass is 9.96. The zero-order valence-electron chi connectivity index (χ0n) is 26.2. The quantitative estimate of drug-likeness (QED) is 0.178. The number of allylic oxidation sites excluding steroid dienone is 3. The summed E-state index contributed by atoms with van der Waals surface area (Å²) >= 11 is 0. The first kappa shape index (κ1) is 34.1. The van der Waals surface area contributed by atoms with Gasteiger partial charge in [-0.15, -0.1) is 0 Å². The largest absolute Gasteiger partial charge is 0.0998 e. The average molecular weight is 531 g/mol. The molecule has 210 valence electrons. The second-order valence-electron chi connectivity index (χ2n) is 10.6. The van der Waals surface area contributed by atoms with E-state index >= 15 is 0 Å². The lowest BCUT2D eigenvalue weighted by Crippen LogP contribution is -1.90. The van der Waals surface area contributed by atoms with Crippen LogP contribution in [-0.4, -0.2) is 0 Å². The van der Waals surface area contributed by atoms with Gasteiger partial charge in [-0.1, -0.05) is 163 Å². The summed E-state index contributed by atoms with van der Waals surface area (Å²) in [4.78, 5) is 0. The molecule has 0 atom stereocenters. The van der Waals surface area contributed by atoms with Crippen molar-refractivity contribution in [3.8, 4) is 0 Å². The molecule has 0 N–H and O–H groups in total. The molecule has 0 nitrogen and oxygen atoms in total. The van der Waals surface area contributed by atoms with Crippen molar-refractivity contribution in [1.82, 2.24) is 0 Å². The van der Waals surface area contributed by atoms with Gasteiger partial charge in [0.25, 0.3) is 0 Å². The predicted octanol–water partition coefficient (Wildman–Crippen LogP) is 11.9. The molecule has 0 aliphatic carbocycles. The van der Waals surface area contributed by atoms with Gasteiger partial charge in [-0.05, 0) is 83.6 Å². The molecule has 40 heavy (non-hydrogen) atoms. The van der Waals surface area contributed by atoms with E-state index in [1.54, 1.807) is 0 Å². The SMILES string of the molecule is C=C(C)CC(=C)/C(=C/c1ccccc1C)CC.Cc1ccc(C)cc1.Cc1ccc(C)cc1.Cc1ccccc1. The van der Waals surface area contributed by atoms with Gasteiger partial charge in [0.2, 0.25) is 0 Å². The Morgan fingerprint density at radius 1 is 0.550 bits per heavy atom. The standard InChI is InChI=1S/C17H22.2C8H10.C7H8/c1-6-16(15(5)11-13(2)3)12-17-10-8-7-9-14(17)4;2*1-7-3-5-8(2)6-4-7;1-7-5-3-2-4-6-7/h7-10,12H,2,5-6,11H2,1,3-4H3;2*3-6H,1-2H3;2-6H,1H3/b16-12+;;;. The van der Waals surface area contributed by atoms with Gasteiger partial charge in [0.05, 0.1) is 0 Å². The highest BCUT2D eigenvalue weighted by molar-refractivity contribution is 5.61. The minimum atomic E-state index is 0.894. The van der Waals surface area contributed by atoms with Crippen molar-refractivity contribution >= 4 is 6.08 Å². The smallest absolute Gasteiger partial charge is 0.00757 e. The molecule has 0 radical (unpaired) electrons. The maximum atomic E-state index is 4.16. The van der Waals surface area contributed by atoms with Crippen LogP contribution in [0.25, 0.3) is 6.08 Å². The Morgan fingerprint density at radius 3 is 1.25 bits per heavy atom. The Kier molecular flexibility index (Phi) is 16.4. The third-order valence-electron chi connectivity index (χ3n) is 6.25. The van der Waals surface area contributed by atoms with Crippen molar-refractivity contribution in [1.29, 1.82) is 0 Å². The highest BCUT2D eigenvalue weighted by atomic mass is 14.1. The molecule has 0 amide bonds. The maximum Gasteiger partial charge on any atom is -0.00757 e. The van der Waals surface area contributed by atoms with Crippen molar-refractivity contribution in [3.63, 3.8) is 0 Å². The second-order valence-corrected chi connectivity index (χ2v) is 10.6. The van der Waals surface area contributed by atoms with Gasteiger partial charge >= 0.3 is 0 Å². The van der Waals surface area contributed by atoms with Gasteiger partial charge in [0.1, 0.15) is 0 Å². The van der Waals surface area contributed by atoms with E-state index in [1.807, 2.05) is 25.1 Å². The van der Waals surface area contributed by atoms with Crippen molar-refractivity contribution in [2.75, 3.05) is 0 Å². The van der Waals surface area contributed by atoms with E-state index in [4.69, 9.17) is 0 Å². The molecule has 0 spiro atoms. The molecule has 4 rings (SSSR count). The Morgan fingerprint density at radius 2 is 0.925 bits per heavy atom. The monoisotopic (exact) mass is 530 g/mol. The molecule has 0 aromatic heterocycles. The first-order valence-corrected chi connectivity index (χ1v) is 14.2. The van der Waals surface area contributed by atoms with E-state index in [-0.39, 0.29) is 0 Å². The number of rotatable bonds is 5. The van der Waals surface area contributed by atoms with Crippen molar-refractivity contribution in [2.45, 2.75) is 68.2 Å². The summed E-state index contributed by atoms with van der Waals surface area (Å²) < 4.78 is 0. The van der Waals surface area contributed by atoms with Gasteiger partial charge in [-0.25, -0.2) is 0 Å². The first-order valence-electron chi connectivity index (χ1n) is 14.2. The lowest BCUT2D eigenvalue weighted by molar-refractivity contribution is 1.05. The Hall–Kier alpha value is -3.90. The molecular formula is C40H50. The van der Waals surface area contributed by atoms with E-state index in [2.05, 4.69) is 153 Å². The van der Waals surface area contributed by atoms with E-state index in [0.29, 0.717) is 0 Å². The summed E-state index contributed by atoms with van der Waals surface area (Å²) in [5.41, 5.74) is 12.9. The highest BCUT2D eigenvalue weighted by Crippen LogP contribution is 2.23. The molecule has 0 bridgehead atoms. The zero-order valence-corrected chi connectivity index (χ0v) is 26.2. The topological polar surface area (TPSA) is 0 Å². The lowest BCUT2D eigenvalue weighted by Gasteiger charge is -2.10. The van der Waals surface area contributed by atoms with Gasteiger partial charge in [-0.2, -0.15) is 0 Å². The molecule has 0 heteroatoms. The number of aryl methyl sites for hydroxylation is 6. The van der Waals surface area contributed by atoms with Crippen LogP contribution in [0.1, 0.15) is 65.6 Å². The van der Waals surface area contributed by atoms with Crippen molar-refractivity contribution < 1.29 is 0 Å². The van der Waals surface area contributed by atoms with Gasteiger partial charge in [0.15, 0.2) is 0 Å². The summed E-state index contributed by atoms with van der Waals surface area (Å²) in [5, 5.41) is 0. The molecule has 0 saturated carbocycles. The maximum absolute atomic E-state index is 4.16. The van der Waals surface area contributed by atoms with Gasteiger partial charge in [0, 0.05) is 0 Å². The number of hydrogen-bond acceptors (Lipinski definition) is 0. The second kappa shape index (κ2) is 19.2.